The van der Waals surface area contributed by atoms with E-state index in [2.05, 4.69) is 4.99 Å². The minimum absolute atomic E-state index is 0.262. The number of anilines is 1. The number of halogens is 1. The molecule has 2 rings (SSSR count). The van der Waals surface area contributed by atoms with E-state index in [1.807, 2.05) is 0 Å². The van der Waals surface area contributed by atoms with Crippen molar-refractivity contribution in [2.45, 2.75) is 0 Å². The quantitative estimate of drug-likeness (QED) is 0.697. The smallest absolute Gasteiger partial charge is 0.196 e. The molecule has 1 aromatic rings. The highest BCUT2D eigenvalue weighted by atomic mass is 19.1. The summed E-state index contributed by atoms with van der Waals surface area (Å²) >= 11 is 0. The van der Waals surface area contributed by atoms with Crippen molar-refractivity contribution in [3.8, 4) is 0 Å². The lowest BCUT2D eigenvalue weighted by atomic mass is 10.3. The van der Waals surface area contributed by atoms with Crippen molar-refractivity contribution in [3.05, 3.63) is 30.1 Å². The average molecular weight is 179 g/mol. The van der Waals surface area contributed by atoms with Crippen LogP contribution in [0.25, 0.3) is 0 Å². The fourth-order valence-corrected chi connectivity index (χ4v) is 1.38. The maximum Gasteiger partial charge on any atom is 0.196 e. The lowest BCUT2D eigenvalue weighted by Gasteiger charge is -2.17. The Morgan fingerprint density at radius 2 is 2.15 bits per heavy atom. The van der Waals surface area contributed by atoms with Crippen LogP contribution in [0.3, 0.4) is 0 Å². The number of nitrogens with two attached hydrogens (primary N) is 1. The third-order valence-corrected chi connectivity index (χ3v) is 2.02. The van der Waals surface area contributed by atoms with E-state index in [4.69, 9.17) is 5.73 Å². The van der Waals surface area contributed by atoms with E-state index in [9.17, 15) is 4.39 Å². The maximum atomic E-state index is 13.3. The van der Waals surface area contributed by atoms with Crippen molar-refractivity contribution in [1.82, 2.24) is 0 Å². The second-order valence-corrected chi connectivity index (χ2v) is 2.84. The van der Waals surface area contributed by atoms with Gasteiger partial charge in [-0.05, 0) is 12.1 Å². The molecule has 0 bridgehead atoms. The summed E-state index contributed by atoms with van der Waals surface area (Å²) in [6.07, 6.45) is 0. The zero-order valence-electron chi connectivity index (χ0n) is 7.07. The predicted octanol–water partition coefficient (Wildman–Crippen LogP) is 0.960. The summed E-state index contributed by atoms with van der Waals surface area (Å²) in [7, 11) is 0. The summed E-state index contributed by atoms with van der Waals surface area (Å²) in [6, 6.07) is 6.55. The van der Waals surface area contributed by atoms with Crippen molar-refractivity contribution < 1.29 is 4.39 Å². The van der Waals surface area contributed by atoms with Crippen LogP contribution in [0.2, 0.25) is 0 Å². The topological polar surface area (TPSA) is 41.6 Å². The highest BCUT2D eigenvalue weighted by molar-refractivity contribution is 5.96. The van der Waals surface area contributed by atoms with E-state index in [0.717, 1.165) is 0 Å². The molecule has 3 nitrogen and oxygen atoms in total. The first-order valence-electron chi connectivity index (χ1n) is 4.11. The van der Waals surface area contributed by atoms with Gasteiger partial charge < -0.3 is 10.6 Å². The molecule has 0 aliphatic carbocycles. The van der Waals surface area contributed by atoms with Gasteiger partial charge in [0.25, 0.3) is 0 Å². The van der Waals surface area contributed by atoms with Crippen LogP contribution in [0.4, 0.5) is 10.1 Å². The van der Waals surface area contributed by atoms with E-state index in [-0.39, 0.29) is 5.82 Å². The van der Waals surface area contributed by atoms with Gasteiger partial charge in [0, 0.05) is 6.54 Å². The first-order valence-corrected chi connectivity index (χ1v) is 4.11. The molecule has 0 spiro atoms. The molecule has 0 saturated carbocycles. The third-order valence-electron chi connectivity index (χ3n) is 2.02. The molecule has 0 unspecified atom stereocenters. The fourth-order valence-electron chi connectivity index (χ4n) is 1.38. The van der Waals surface area contributed by atoms with E-state index in [1.165, 1.54) is 6.07 Å². The summed E-state index contributed by atoms with van der Waals surface area (Å²) in [5.41, 5.74) is 6.09. The van der Waals surface area contributed by atoms with Crippen LogP contribution in [0, 0.1) is 5.82 Å². The summed E-state index contributed by atoms with van der Waals surface area (Å²) in [5.74, 6) is 0.132. The number of hydrogen-bond acceptors (Lipinski definition) is 3. The zero-order valence-corrected chi connectivity index (χ0v) is 7.07. The van der Waals surface area contributed by atoms with E-state index in [1.54, 1.807) is 23.1 Å². The molecule has 2 N–H and O–H groups in total. The molecule has 0 aromatic heterocycles. The molecular weight excluding hydrogens is 169 g/mol. The summed E-state index contributed by atoms with van der Waals surface area (Å²) in [5, 5.41) is 0. The number of aliphatic imine (C=N–C) groups is 1. The first-order chi connectivity index (χ1) is 6.29. The summed E-state index contributed by atoms with van der Waals surface area (Å²) < 4.78 is 13.3. The van der Waals surface area contributed by atoms with Crippen molar-refractivity contribution >= 4 is 11.6 Å². The lowest BCUT2D eigenvalue weighted by molar-refractivity contribution is 0.627. The Bertz CT molecular complexity index is 348. The lowest BCUT2D eigenvalue weighted by Crippen LogP contribution is -2.34. The molecule has 1 heterocycles. The number of benzene rings is 1. The second kappa shape index (κ2) is 3.05. The van der Waals surface area contributed by atoms with Crippen LogP contribution in [0.1, 0.15) is 0 Å². The molecule has 68 valence electrons. The highest BCUT2D eigenvalue weighted by Crippen LogP contribution is 2.19. The van der Waals surface area contributed by atoms with Crippen molar-refractivity contribution in [2.24, 2.45) is 10.7 Å². The van der Waals surface area contributed by atoms with Crippen molar-refractivity contribution in [1.29, 1.82) is 0 Å². The molecule has 0 radical (unpaired) electrons. The molecule has 13 heavy (non-hydrogen) atoms. The van der Waals surface area contributed by atoms with Gasteiger partial charge in [0.15, 0.2) is 5.96 Å². The number of nitrogens with zero attached hydrogens (tertiary/aromatic N) is 2. The maximum absolute atomic E-state index is 13.3. The normalized spacial score (nSPS) is 16.1. The van der Waals surface area contributed by atoms with Gasteiger partial charge in [-0.3, -0.25) is 4.99 Å². The summed E-state index contributed by atoms with van der Waals surface area (Å²) in [6.45, 7) is 1.30. The van der Waals surface area contributed by atoms with Crippen LogP contribution in [-0.2, 0) is 0 Å². The highest BCUT2D eigenvalue weighted by Gasteiger charge is 2.17. The summed E-state index contributed by atoms with van der Waals surface area (Å²) in [4.78, 5) is 5.66. The number of para-hydroxylation sites is 1. The Hall–Kier alpha value is -1.58. The molecule has 0 amide bonds. The minimum Gasteiger partial charge on any atom is -0.370 e. The second-order valence-electron chi connectivity index (χ2n) is 2.84. The number of rotatable bonds is 1. The Labute approximate surface area is 75.7 Å². The molecule has 1 aliphatic rings. The Morgan fingerprint density at radius 3 is 2.77 bits per heavy atom. The van der Waals surface area contributed by atoms with Gasteiger partial charge in [-0.1, -0.05) is 12.1 Å². The van der Waals surface area contributed by atoms with Crippen LogP contribution in [0.5, 0.6) is 0 Å². The van der Waals surface area contributed by atoms with Gasteiger partial charge in [0.05, 0.1) is 12.2 Å². The number of guanidine groups is 1. The zero-order chi connectivity index (χ0) is 9.26. The third kappa shape index (κ3) is 1.35. The molecule has 1 aromatic carbocycles. The van der Waals surface area contributed by atoms with Gasteiger partial charge in [0.2, 0.25) is 0 Å². The molecule has 4 heteroatoms. The minimum atomic E-state index is -0.262. The van der Waals surface area contributed by atoms with E-state index >= 15 is 0 Å². The molecule has 0 saturated heterocycles. The number of hydrogen-bond donors (Lipinski definition) is 1. The monoisotopic (exact) mass is 179 g/mol. The molecule has 0 atom stereocenters. The van der Waals surface area contributed by atoms with Crippen LogP contribution in [0.15, 0.2) is 29.3 Å². The first kappa shape index (κ1) is 8.04. The van der Waals surface area contributed by atoms with Crippen molar-refractivity contribution in [3.63, 3.8) is 0 Å². The van der Waals surface area contributed by atoms with E-state index < -0.39 is 0 Å². The Kier molecular flexibility index (Phi) is 1.88. The van der Waals surface area contributed by atoms with Gasteiger partial charge in [-0.15, -0.1) is 0 Å². The largest absolute Gasteiger partial charge is 0.370 e. The van der Waals surface area contributed by atoms with Crippen LogP contribution in [-0.4, -0.2) is 19.0 Å². The van der Waals surface area contributed by atoms with Crippen molar-refractivity contribution in [2.75, 3.05) is 18.0 Å². The van der Waals surface area contributed by atoms with E-state index in [0.29, 0.717) is 24.7 Å². The molecule has 0 fully saturated rings. The molecule has 1 aliphatic heterocycles. The van der Waals surface area contributed by atoms with Gasteiger partial charge in [0.1, 0.15) is 5.82 Å². The van der Waals surface area contributed by atoms with Gasteiger partial charge in [-0.25, -0.2) is 4.39 Å². The Balaban J connectivity index is 2.36. The molecular formula is C9H10FN3. The van der Waals surface area contributed by atoms with Crippen LogP contribution < -0.4 is 10.6 Å². The fraction of sp³-hybridized carbons (Fsp3) is 0.222. The Morgan fingerprint density at radius 1 is 1.38 bits per heavy atom. The SMILES string of the molecule is NC1=NCCN1c1ccccc1F. The van der Waals surface area contributed by atoms with Crippen LogP contribution >= 0.6 is 0 Å². The average Bonchev–Trinajstić information content (AvgIpc) is 2.52. The predicted molar refractivity (Wildman–Crippen MR) is 50.2 cm³/mol. The van der Waals surface area contributed by atoms with Gasteiger partial charge in [-0.2, -0.15) is 0 Å². The van der Waals surface area contributed by atoms with Gasteiger partial charge >= 0.3 is 0 Å². The standard InChI is InChI=1S/C9H10FN3/c10-7-3-1-2-4-8(7)13-6-5-12-9(13)11/h1-4H,5-6H2,(H2,11,12).